The predicted molar refractivity (Wildman–Crippen MR) is 76.4 cm³/mol. The third-order valence-corrected chi connectivity index (χ3v) is 2.76. The molecule has 0 aliphatic heterocycles. The summed E-state index contributed by atoms with van der Waals surface area (Å²) < 4.78 is 18.6. The highest BCUT2D eigenvalue weighted by Gasteiger charge is 2.03. The Morgan fingerprint density at radius 2 is 1.84 bits per heavy atom. The predicted octanol–water partition coefficient (Wildman–Crippen LogP) is 3.86. The first-order valence-electron chi connectivity index (χ1n) is 6.15. The van der Waals surface area contributed by atoms with E-state index in [0.717, 1.165) is 11.4 Å². The summed E-state index contributed by atoms with van der Waals surface area (Å²) in [6.07, 6.45) is 0. The van der Waals surface area contributed by atoms with Crippen molar-refractivity contribution < 1.29 is 9.13 Å². The average Bonchev–Trinajstić information content (AvgIpc) is 2.38. The molecule has 3 N–H and O–H groups in total. The molecule has 0 aromatic heterocycles. The van der Waals surface area contributed by atoms with Crippen molar-refractivity contribution in [2.75, 3.05) is 17.7 Å². The van der Waals surface area contributed by atoms with Crippen LogP contribution >= 0.6 is 0 Å². The summed E-state index contributed by atoms with van der Waals surface area (Å²) in [5.41, 5.74) is 8.69. The topological polar surface area (TPSA) is 47.3 Å². The van der Waals surface area contributed by atoms with Crippen molar-refractivity contribution in [3.05, 3.63) is 47.8 Å². The summed E-state index contributed by atoms with van der Waals surface area (Å²) >= 11 is 0. The highest BCUT2D eigenvalue weighted by molar-refractivity contribution is 5.67. The second-order valence-electron chi connectivity index (χ2n) is 4.27. The Morgan fingerprint density at radius 3 is 2.53 bits per heavy atom. The first-order chi connectivity index (χ1) is 9.10. The number of ether oxygens (including phenoxy) is 1. The van der Waals surface area contributed by atoms with Gasteiger partial charge in [0.25, 0.3) is 0 Å². The van der Waals surface area contributed by atoms with Gasteiger partial charge in [0.15, 0.2) is 0 Å². The van der Waals surface area contributed by atoms with Crippen LogP contribution in [-0.2, 0) is 0 Å². The van der Waals surface area contributed by atoms with Gasteiger partial charge in [-0.15, -0.1) is 0 Å². The largest absolute Gasteiger partial charge is 0.492 e. The lowest BCUT2D eigenvalue weighted by atomic mass is 10.2. The van der Waals surface area contributed by atoms with Gasteiger partial charge < -0.3 is 15.8 Å². The number of nitrogens with two attached hydrogens (primary N) is 1. The van der Waals surface area contributed by atoms with E-state index in [9.17, 15) is 4.39 Å². The van der Waals surface area contributed by atoms with E-state index in [0.29, 0.717) is 23.6 Å². The monoisotopic (exact) mass is 260 g/mol. The first kappa shape index (κ1) is 13.2. The van der Waals surface area contributed by atoms with E-state index in [1.165, 1.54) is 6.07 Å². The van der Waals surface area contributed by atoms with Gasteiger partial charge in [-0.2, -0.15) is 0 Å². The molecule has 0 aliphatic carbocycles. The molecule has 0 spiro atoms. The van der Waals surface area contributed by atoms with Crippen LogP contribution < -0.4 is 15.8 Å². The zero-order valence-electron chi connectivity index (χ0n) is 11.0. The summed E-state index contributed by atoms with van der Waals surface area (Å²) in [4.78, 5) is 0. The maximum absolute atomic E-state index is 13.2. The molecule has 3 nitrogen and oxygen atoms in total. The summed E-state index contributed by atoms with van der Waals surface area (Å²) in [7, 11) is 0. The number of hydrogen-bond donors (Lipinski definition) is 2. The van der Waals surface area contributed by atoms with Crippen LogP contribution in [0.4, 0.5) is 21.5 Å². The lowest BCUT2D eigenvalue weighted by Gasteiger charge is -2.11. The molecule has 0 amide bonds. The second-order valence-corrected chi connectivity index (χ2v) is 4.27. The number of benzene rings is 2. The molecule has 100 valence electrons. The second kappa shape index (κ2) is 5.61. The number of anilines is 3. The molecule has 2 aromatic carbocycles. The Bertz CT molecular complexity index is 584. The zero-order chi connectivity index (χ0) is 13.8. The number of halogens is 1. The Hall–Kier alpha value is -2.23. The standard InChI is InChI=1S/C15H17FN2O/c1-3-19-15-9-12(5-7-14(15)17)18-11-4-6-13(16)10(2)8-11/h4-9,18H,3,17H2,1-2H3. The lowest BCUT2D eigenvalue weighted by Crippen LogP contribution is -1.98. The van der Waals surface area contributed by atoms with E-state index in [4.69, 9.17) is 10.5 Å². The molecule has 4 heteroatoms. The van der Waals surface area contributed by atoms with E-state index in [1.807, 2.05) is 19.1 Å². The molecule has 0 unspecified atom stereocenters. The summed E-state index contributed by atoms with van der Waals surface area (Å²) in [5.74, 6) is 0.434. The minimum atomic E-state index is -0.210. The van der Waals surface area contributed by atoms with Gasteiger partial charge in [-0.3, -0.25) is 0 Å². The van der Waals surface area contributed by atoms with E-state index in [2.05, 4.69) is 5.32 Å². The Kier molecular flexibility index (Phi) is 3.90. The number of hydrogen-bond acceptors (Lipinski definition) is 3. The van der Waals surface area contributed by atoms with Crippen LogP contribution in [0.5, 0.6) is 5.75 Å². The molecule has 0 atom stereocenters. The molecule has 0 saturated carbocycles. The fourth-order valence-corrected chi connectivity index (χ4v) is 1.78. The van der Waals surface area contributed by atoms with Crippen LogP contribution in [0.25, 0.3) is 0 Å². The zero-order valence-corrected chi connectivity index (χ0v) is 11.0. The summed E-state index contributed by atoms with van der Waals surface area (Å²) in [6, 6.07) is 10.4. The smallest absolute Gasteiger partial charge is 0.144 e. The number of rotatable bonds is 4. The van der Waals surface area contributed by atoms with Crippen LogP contribution in [0.15, 0.2) is 36.4 Å². The van der Waals surface area contributed by atoms with Crippen LogP contribution in [-0.4, -0.2) is 6.61 Å². The highest BCUT2D eigenvalue weighted by atomic mass is 19.1. The molecular weight excluding hydrogens is 243 g/mol. The van der Waals surface area contributed by atoms with E-state index in [1.54, 1.807) is 25.1 Å². The van der Waals surface area contributed by atoms with Crippen molar-refractivity contribution in [2.45, 2.75) is 13.8 Å². The molecular formula is C15H17FN2O. The highest BCUT2D eigenvalue weighted by Crippen LogP contribution is 2.28. The van der Waals surface area contributed by atoms with E-state index >= 15 is 0 Å². The minimum absolute atomic E-state index is 0.210. The molecule has 0 bridgehead atoms. The Labute approximate surface area is 112 Å². The van der Waals surface area contributed by atoms with Crippen molar-refractivity contribution in [1.29, 1.82) is 0 Å². The molecule has 0 radical (unpaired) electrons. The van der Waals surface area contributed by atoms with Crippen molar-refractivity contribution >= 4 is 17.1 Å². The van der Waals surface area contributed by atoms with Gasteiger partial charge in [0.05, 0.1) is 12.3 Å². The van der Waals surface area contributed by atoms with Gasteiger partial charge in [0.2, 0.25) is 0 Å². The quantitative estimate of drug-likeness (QED) is 0.821. The minimum Gasteiger partial charge on any atom is -0.492 e. The molecule has 0 fully saturated rings. The van der Waals surface area contributed by atoms with Crippen molar-refractivity contribution in [2.24, 2.45) is 0 Å². The maximum atomic E-state index is 13.2. The molecule has 0 heterocycles. The SMILES string of the molecule is CCOc1cc(Nc2ccc(F)c(C)c2)ccc1N. The molecule has 2 aromatic rings. The van der Waals surface area contributed by atoms with Crippen molar-refractivity contribution in [3.8, 4) is 5.75 Å². The molecule has 2 rings (SSSR count). The van der Waals surface area contributed by atoms with Gasteiger partial charge in [0.1, 0.15) is 11.6 Å². The fourth-order valence-electron chi connectivity index (χ4n) is 1.78. The van der Waals surface area contributed by atoms with Crippen LogP contribution in [0.3, 0.4) is 0 Å². The average molecular weight is 260 g/mol. The fraction of sp³-hybridized carbons (Fsp3) is 0.200. The van der Waals surface area contributed by atoms with Gasteiger partial charge in [-0.1, -0.05) is 0 Å². The van der Waals surface area contributed by atoms with Gasteiger partial charge >= 0.3 is 0 Å². The molecule has 19 heavy (non-hydrogen) atoms. The van der Waals surface area contributed by atoms with Gasteiger partial charge in [-0.25, -0.2) is 4.39 Å². The third-order valence-electron chi connectivity index (χ3n) is 2.76. The van der Waals surface area contributed by atoms with Crippen molar-refractivity contribution in [1.82, 2.24) is 0 Å². The lowest BCUT2D eigenvalue weighted by molar-refractivity contribution is 0.342. The summed E-state index contributed by atoms with van der Waals surface area (Å²) in [6.45, 7) is 4.20. The van der Waals surface area contributed by atoms with Gasteiger partial charge in [-0.05, 0) is 49.7 Å². The number of nitrogen functional groups attached to an aromatic ring is 1. The Morgan fingerprint density at radius 1 is 1.16 bits per heavy atom. The normalized spacial score (nSPS) is 10.3. The maximum Gasteiger partial charge on any atom is 0.144 e. The summed E-state index contributed by atoms with van der Waals surface area (Å²) in [5, 5.41) is 3.20. The van der Waals surface area contributed by atoms with Crippen molar-refractivity contribution in [3.63, 3.8) is 0 Å². The molecule has 0 aliphatic rings. The molecule has 0 saturated heterocycles. The van der Waals surface area contributed by atoms with Crippen LogP contribution in [0.1, 0.15) is 12.5 Å². The van der Waals surface area contributed by atoms with Gasteiger partial charge in [0, 0.05) is 17.4 Å². The number of aryl methyl sites for hydroxylation is 1. The van der Waals surface area contributed by atoms with E-state index < -0.39 is 0 Å². The number of nitrogens with one attached hydrogen (secondary N) is 1. The van der Waals surface area contributed by atoms with E-state index in [-0.39, 0.29) is 5.82 Å². The van der Waals surface area contributed by atoms with Crippen LogP contribution in [0.2, 0.25) is 0 Å². The Balaban J connectivity index is 2.22. The third kappa shape index (κ3) is 3.16. The van der Waals surface area contributed by atoms with Crippen LogP contribution in [0, 0.1) is 12.7 Å². The first-order valence-corrected chi connectivity index (χ1v) is 6.15.